The molecule has 1 aromatic heterocycles. The van der Waals surface area contributed by atoms with E-state index in [4.69, 9.17) is 4.74 Å². The Balaban J connectivity index is 1.63. The summed E-state index contributed by atoms with van der Waals surface area (Å²) in [7, 11) is 0. The highest BCUT2D eigenvalue weighted by atomic mass is 16.5. The number of nitrogens with zero attached hydrogens (tertiary/aromatic N) is 2. The van der Waals surface area contributed by atoms with Crippen molar-refractivity contribution in [3.63, 3.8) is 0 Å². The molecule has 1 saturated heterocycles. The van der Waals surface area contributed by atoms with Crippen LogP contribution in [0.3, 0.4) is 0 Å². The Morgan fingerprint density at radius 3 is 2.59 bits per heavy atom. The third-order valence-electron chi connectivity index (χ3n) is 4.80. The van der Waals surface area contributed by atoms with Crippen LogP contribution in [0.5, 0.6) is 5.75 Å². The van der Waals surface area contributed by atoms with Gasteiger partial charge in [0.1, 0.15) is 5.75 Å². The lowest BCUT2D eigenvalue weighted by Crippen LogP contribution is -2.35. The molecule has 2 aromatic carbocycles. The minimum Gasteiger partial charge on any atom is -0.508 e. The maximum atomic E-state index is 12.8. The quantitative estimate of drug-likeness (QED) is 0.688. The number of carbonyl (C=O) groups excluding carboxylic acids is 3. The molecule has 0 spiro atoms. The van der Waals surface area contributed by atoms with E-state index in [1.807, 2.05) is 6.07 Å². The van der Waals surface area contributed by atoms with Crippen molar-refractivity contribution in [1.29, 1.82) is 0 Å². The molecular weight excluding hydrogens is 372 g/mol. The first-order chi connectivity index (χ1) is 14.0. The van der Waals surface area contributed by atoms with Gasteiger partial charge in [-0.05, 0) is 42.8 Å². The normalized spacial score (nSPS) is 13.7. The number of para-hydroxylation sites is 1. The summed E-state index contributed by atoms with van der Waals surface area (Å²) in [6.45, 7) is -0.131. The minimum atomic E-state index is -0.663. The molecule has 7 heteroatoms. The number of esters is 1. The largest absolute Gasteiger partial charge is 0.508 e. The number of rotatable bonds is 4. The zero-order chi connectivity index (χ0) is 20.4. The van der Waals surface area contributed by atoms with E-state index in [1.54, 1.807) is 36.4 Å². The first-order valence-corrected chi connectivity index (χ1v) is 9.22. The lowest BCUT2D eigenvalue weighted by Gasteiger charge is -2.14. The standard InChI is InChI=1S/C22H18N2O5/c25-15-9-7-14(8-10-15)19-12-17(16-4-1-2-5-18(16)23-19)22(28)29-13-21(27)24-11-3-6-20(24)26/h1-2,4-5,7-10,12,25H,3,6,11,13H2. The van der Waals surface area contributed by atoms with Gasteiger partial charge in [0, 0.05) is 23.9 Å². The molecule has 0 bridgehead atoms. The summed E-state index contributed by atoms with van der Waals surface area (Å²) >= 11 is 0. The molecule has 2 heterocycles. The summed E-state index contributed by atoms with van der Waals surface area (Å²) in [4.78, 5) is 42.3. The molecule has 2 amide bonds. The average Bonchev–Trinajstić information content (AvgIpc) is 3.17. The molecule has 0 atom stereocenters. The van der Waals surface area contributed by atoms with E-state index in [9.17, 15) is 19.5 Å². The highest BCUT2D eigenvalue weighted by Gasteiger charge is 2.27. The number of benzene rings is 2. The number of aromatic nitrogens is 1. The molecule has 1 fully saturated rings. The highest BCUT2D eigenvalue weighted by Crippen LogP contribution is 2.26. The number of carbonyl (C=O) groups is 3. The highest BCUT2D eigenvalue weighted by molar-refractivity contribution is 6.05. The van der Waals surface area contributed by atoms with Crippen LogP contribution in [0.2, 0.25) is 0 Å². The summed E-state index contributed by atoms with van der Waals surface area (Å²) < 4.78 is 5.22. The summed E-state index contributed by atoms with van der Waals surface area (Å²) in [5, 5.41) is 10.1. The molecule has 0 radical (unpaired) electrons. The van der Waals surface area contributed by atoms with E-state index < -0.39 is 18.5 Å². The Morgan fingerprint density at radius 2 is 1.86 bits per heavy atom. The monoisotopic (exact) mass is 390 g/mol. The van der Waals surface area contributed by atoms with Gasteiger partial charge in [-0.15, -0.1) is 0 Å². The summed E-state index contributed by atoms with van der Waals surface area (Å²) in [6.07, 6.45) is 0.966. The van der Waals surface area contributed by atoms with Crippen LogP contribution in [0.4, 0.5) is 0 Å². The number of pyridine rings is 1. The maximum Gasteiger partial charge on any atom is 0.339 e. The number of ether oxygens (including phenoxy) is 1. The van der Waals surface area contributed by atoms with Gasteiger partial charge in [-0.3, -0.25) is 14.5 Å². The predicted molar refractivity (Wildman–Crippen MR) is 105 cm³/mol. The predicted octanol–water partition coefficient (Wildman–Crippen LogP) is 2.91. The molecule has 29 heavy (non-hydrogen) atoms. The number of aromatic hydroxyl groups is 1. The van der Waals surface area contributed by atoms with Crippen molar-refractivity contribution in [2.45, 2.75) is 12.8 Å². The van der Waals surface area contributed by atoms with Crippen molar-refractivity contribution in [2.75, 3.05) is 13.2 Å². The third kappa shape index (κ3) is 3.80. The fourth-order valence-electron chi connectivity index (χ4n) is 3.32. The zero-order valence-corrected chi connectivity index (χ0v) is 15.5. The smallest absolute Gasteiger partial charge is 0.339 e. The number of phenolic OH excluding ortho intramolecular Hbond substituents is 1. The Morgan fingerprint density at radius 1 is 1.10 bits per heavy atom. The zero-order valence-electron chi connectivity index (χ0n) is 15.5. The van der Waals surface area contributed by atoms with Gasteiger partial charge in [0.05, 0.1) is 16.8 Å². The summed E-state index contributed by atoms with van der Waals surface area (Å²) in [5.41, 5.74) is 2.14. The van der Waals surface area contributed by atoms with Crippen LogP contribution in [0.1, 0.15) is 23.2 Å². The third-order valence-corrected chi connectivity index (χ3v) is 4.80. The SMILES string of the molecule is O=C(OCC(=O)N1CCCC1=O)c1cc(-c2ccc(O)cc2)nc2ccccc12. The number of hydrogen-bond acceptors (Lipinski definition) is 6. The van der Waals surface area contributed by atoms with Crippen LogP contribution in [0.15, 0.2) is 54.6 Å². The Bertz CT molecular complexity index is 1110. The van der Waals surface area contributed by atoms with Crippen LogP contribution in [-0.2, 0) is 14.3 Å². The second-order valence-electron chi connectivity index (χ2n) is 6.74. The first-order valence-electron chi connectivity index (χ1n) is 9.22. The fraction of sp³-hybridized carbons (Fsp3) is 0.182. The number of likely N-dealkylation sites (tertiary alicyclic amines) is 1. The number of fused-ring (bicyclic) bond motifs is 1. The van der Waals surface area contributed by atoms with Gasteiger partial charge in [0.2, 0.25) is 5.91 Å². The van der Waals surface area contributed by atoms with Crippen LogP contribution in [-0.4, -0.2) is 45.9 Å². The molecular formula is C22H18N2O5. The van der Waals surface area contributed by atoms with Crippen LogP contribution in [0.25, 0.3) is 22.2 Å². The first kappa shape index (κ1) is 18.6. The van der Waals surface area contributed by atoms with Crippen molar-refractivity contribution in [3.05, 3.63) is 60.2 Å². The molecule has 1 aliphatic rings. The Hall–Kier alpha value is -3.74. The number of imide groups is 1. The van der Waals surface area contributed by atoms with Crippen molar-refractivity contribution in [2.24, 2.45) is 0 Å². The van der Waals surface area contributed by atoms with Gasteiger partial charge in [0.25, 0.3) is 5.91 Å². The van der Waals surface area contributed by atoms with E-state index >= 15 is 0 Å². The molecule has 0 unspecified atom stereocenters. The van der Waals surface area contributed by atoms with Gasteiger partial charge < -0.3 is 9.84 Å². The molecule has 3 aromatic rings. The number of hydrogen-bond donors (Lipinski definition) is 1. The van der Waals surface area contributed by atoms with Crippen molar-refractivity contribution >= 4 is 28.7 Å². The molecule has 146 valence electrons. The van der Waals surface area contributed by atoms with E-state index in [-0.39, 0.29) is 17.2 Å². The molecule has 7 nitrogen and oxygen atoms in total. The van der Waals surface area contributed by atoms with E-state index in [0.29, 0.717) is 36.0 Å². The summed E-state index contributed by atoms with van der Waals surface area (Å²) in [5.74, 6) is -1.29. The Kier molecular flexibility index (Phi) is 4.95. The van der Waals surface area contributed by atoms with Crippen molar-refractivity contribution in [3.8, 4) is 17.0 Å². The van der Waals surface area contributed by atoms with Crippen LogP contribution in [0, 0.1) is 0 Å². The molecule has 4 rings (SSSR count). The lowest BCUT2D eigenvalue weighted by atomic mass is 10.0. The summed E-state index contributed by atoms with van der Waals surface area (Å²) in [6, 6.07) is 15.2. The van der Waals surface area contributed by atoms with Gasteiger partial charge in [-0.1, -0.05) is 18.2 Å². The second kappa shape index (κ2) is 7.71. The van der Waals surface area contributed by atoms with Gasteiger partial charge in [-0.25, -0.2) is 9.78 Å². The molecule has 1 aliphatic heterocycles. The lowest BCUT2D eigenvalue weighted by molar-refractivity contribution is -0.143. The van der Waals surface area contributed by atoms with Crippen molar-refractivity contribution in [1.82, 2.24) is 9.88 Å². The molecule has 0 saturated carbocycles. The van der Waals surface area contributed by atoms with Crippen LogP contribution >= 0.6 is 0 Å². The van der Waals surface area contributed by atoms with E-state index in [1.165, 1.54) is 12.1 Å². The van der Waals surface area contributed by atoms with Gasteiger partial charge in [0.15, 0.2) is 6.61 Å². The van der Waals surface area contributed by atoms with E-state index in [0.717, 1.165) is 10.5 Å². The van der Waals surface area contributed by atoms with Gasteiger partial charge in [-0.2, -0.15) is 0 Å². The maximum absolute atomic E-state index is 12.8. The van der Waals surface area contributed by atoms with E-state index in [2.05, 4.69) is 4.98 Å². The number of amides is 2. The fourth-order valence-corrected chi connectivity index (χ4v) is 3.32. The van der Waals surface area contributed by atoms with Gasteiger partial charge >= 0.3 is 5.97 Å². The second-order valence-corrected chi connectivity index (χ2v) is 6.74. The Labute approximate surface area is 166 Å². The van der Waals surface area contributed by atoms with Crippen LogP contribution < -0.4 is 0 Å². The number of phenols is 1. The van der Waals surface area contributed by atoms with Crippen molar-refractivity contribution < 1.29 is 24.2 Å². The minimum absolute atomic E-state index is 0.129. The average molecular weight is 390 g/mol. The molecule has 1 N–H and O–H groups in total. The topological polar surface area (TPSA) is 96.8 Å². The molecule has 0 aliphatic carbocycles.